The maximum Gasteiger partial charge on any atom is 0.0694 e. The van der Waals surface area contributed by atoms with Gasteiger partial charge in [0.25, 0.3) is 0 Å². The van der Waals surface area contributed by atoms with Crippen molar-refractivity contribution >= 4 is 11.8 Å². The molecule has 1 aliphatic heterocycles. The van der Waals surface area contributed by atoms with E-state index in [0.717, 1.165) is 36.3 Å². The van der Waals surface area contributed by atoms with Crippen LogP contribution in [0, 0.1) is 0 Å². The Morgan fingerprint density at radius 2 is 1.92 bits per heavy atom. The van der Waals surface area contributed by atoms with Crippen molar-refractivity contribution in [1.29, 1.82) is 0 Å². The van der Waals surface area contributed by atoms with E-state index in [4.69, 9.17) is 4.99 Å². The summed E-state index contributed by atoms with van der Waals surface area (Å²) in [5.74, 6) is 0. The van der Waals surface area contributed by atoms with Crippen LogP contribution in [0.3, 0.4) is 0 Å². The lowest BCUT2D eigenvalue weighted by atomic mass is 9.95. The third kappa shape index (κ3) is 3.04. The van der Waals surface area contributed by atoms with Crippen molar-refractivity contribution < 1.29 is 0 Å². The lowest BCUT2D eigenvalue weighted by Crippen LogP contribution is -2.11. The van der Waals surface area contributed by atoms with Gasteiger partial charge in [0.05, 0.1) is 11.4 Å². The largest absolute Gasteiger partial charge is 0.284 e. The minimum absolute atomic E-state index is 0.889. The van der Waals surface area contributed by atoms with Gasteiger partial charge in [-0.25, -0.2) is 4.68 Å². The highest BCUT2D eigenvalue weighted by atomic mass is 15.3. The molecule has 2 aromatic heterocycles. The monoisotopic (exact) mass is 314 g/mol. The average molecular weight is 314 g/mol. The summed E-state index contributed by atoms with van der Waals surface area (Å²) in [5, 5.41) is 4.26. The molecule has 1 aromatic carbocycles. The van der Waals surface area contributed by atoms with E-state index in [0.29, 0.717) is 0 Å². The second kappa shape index (κ2) is 6.62. The van der Waals surface area contributed by atoms with Gasteiger partial charge >= 0.3 is 0 Å². The van der Waals surface area contributed by atoms with E-state index in [2.05, 4.69) is 46.5 Å². The van der Waals surface area contributed by atoms with Gasteiger partial charge in [-0.1, -0.05) is 12.1 Å². The number of nitrogens with zero attached hydrogens (tertiary/aromatic N) is 4. The topological polar surface area (TPSA) is 43.1 Å². The number of hydrogen-bond acceptors (Lipinski definition) is 3. The van der Waals surface area contributed by atoms with E-state index in [-0.39, 0.29) is 0 Å². The Morgan fingerprint density at radius 1 is 1.00 bits per heavy atom. The molecule has 4 nitrogen and oxygen atoms in total. The second-order valence-electron chi connectivity index (χ2n) is 5.79. The highest BCUT2D eigenvalue weighted by Crippen LogP contribution is 2.22. The van der Waals surface area contributed by atoms with E-state index >= 15 is 0 Å². The minimum atomic E-state index is 0.889. The highest BCUT2D eigenvalue weighted by molar-refractivity contribution is 6.15. The molecule has 0 bridgehead atoms. The van der Waals surface area contributed by atoms with Crippen molar-refractivity contribution in [2.75, 3.05) is 6.54 Å². The molecule has 0 saturated carbocycles. The first kappa shape index (κ1) is 14.6. The Kier molecular flexibility index (Phi) is 4.02. The summed E-state index contributed by atoms with van der Waals surface area (Å²) in [6, 6.07) is 14.4. The fraction of sp³-hybridized carbons (Fsp3) is 0.150. The van der Waals surface area contributed by atoms with Gasteiger partial charge in [0.2, 0.25) is 0 Å². The molecule has 0 saturated heterocycles. The molecule has 0 amide bonds. The van der Waals surface area contributed by atoms with E-state index < -0.39 is 0 Å². The number of allylic oxidation sites excluding steroid dienone is 1. The van der Waals surface area contributed by atoms with Crippen LogP contribution in [-0.4, -0.2) is 27.0 Å². The lowest BCUT2D eigenvalue weighted by molar-refractivity contribution is 0.818. The third-order valence-electron chi connectivity index (χ3n) is 4.12. The third-order valence-corrected chi connectivity index (χ3v) is 4.12. The predicted octanol–water partition coefficient (Wildman–Crippen LogP) is 3.93. The van der Waals surface area contributed by atoms with E-state index in [9.17, 15) is 0 Å². The molecule has 0 spiro atoms. The summed E-state index contributed by atoms with van der Waals surface area (Å²) in [4.78, 5) is 8.95. The van der Waals surface area contributed by atoms with Crippen molar-refractivity contribution in [2.24, 2.45) is 4.99 Å². The van der Waals surface area contributed by atoms with Crippen LogP contribution < -0.4 is 0 Å². The van der Waals surface area contributed by atoms with Gasteiger partial charge < -0.3 is 0 Å². The van der Waals surface area contributed by atoms with E-state index in [1.807, 2.05) is 29.2 Å². The van der Waals surface area contributed by atoms with Gasteiger partial charge in [0.1, 0.15) is 0 Å². The Bertz CT molecular complexity index is 860. The molecule has 118 valence electrons. The normalized spacial score (nSPS) is 16.2. The highest BCUT2D eigenvalue weighted by Gasteiger charge is 2.14. The van der Waals surface area contributed by atoms with Crippen LogP contribution in [-0.2, 0) is 0 Å². The molecule has 0 N–H and O–H groups in total. The average Bonchev–Trinajstić information content (AvgIpc) is 3.18. The van der Waals surface area contributed by atoms with Crippen molar-refractivity contribution in [1.82, 2.24) is 14.8 Å². The Labute approximate surface area is 141 Å². The first-order chi connectivity index (χ1) is 11.9. The van der Waals surface area contributed by atoms with Gasteiger partial charge in [-0.3, -0.25) is 9.98 Å². The zero-order chi connectivity index (χ0) is 16.2. The van der Waals surface area contributed by atoms with Gasteiger partial charge in [-0.05, 0) is 60.4 Å². The molecule has 0 atom stereocenters. The second-order valence-corrected chi connectivity index (χ2v) is 5.79. The van der Waals surface area contributed by atoms with Crippen LogP contribution in [0.1, 0.15) is 24.0 Å². The first-order valence-corrected chi connectivity index (χ1v) is 8.16. The molecular formula is C20H18N4. The fourth-order valence-electron chi connectivity index (χ4n) is 2.95. The van der Waals surface area contributed by atoms with Crippen LogP contribution in [0.25, 0.3) is 11.8 Å². The van der Waals surface area contributed by atoms with E-state index in [1.165, 1.54) is 11.1 Å². The van der Waals surface area contributed by atoms with Crippen LogP contribution in [0.2, 0.25) is 0 Å². The Morgan fingerprint density at radius 3 is 2.67 bits per heavy atom. The summed E-state index contributed by atoms with van der Waals surface area (Å²) in [6.45, 7) is 0.889. The molecule has 4 rings (SSSR count). The number of rotatable bonds is 3. The summed E-state index contributed by atoms with van der Waals surface area (Å²) < 4.78 is 1.86. The van der Waals surface area contributed by atoms with Gasteiger partial charge in [-0.15, -0.1) is 0 Å². The Balaban J connectivity index is 1.64. The zero-order valence-corrected chi connectivity index (χ0v) is 13.3. The van der Waals surface area contributed by atoms with Crippen LogP contribution >= 0.6 is 0 Å². The summed E-state index contributed by atoms with van der Waals surface area (Å²) in [6.07, 6.45) is 11.8. The number of aliphatic imine (C=N–C) groups is 1. The maximum absolute atomic E-state index is 4.73. The first-order valence-electron chi connectivity index (χ1n) is 8.16. The van der Waals surface area contributed by atoms with Crippen molar-refractivity contribution in [3.05, 3.63) is 84.0 Å². The maximum atomic E-state index is 4.73. The zero-order valence-electron chi connectivity index (χ0n) is 13.3. The molecule has 3 aromatic rings. The lowest BCUT2D eigenvalue weighted by Gasteiger charge is -2.16. The number of aromatic nitrogens is 3. The molecule has 1 aliphatic rings. The quantitative estimate of drug-likeness (QED) is 0.735. The van der Waals surface area contributed by atoms with Gasteiger partial charge in [0.15, 0.2) is 0 Å². The molecule has 0 fully saturated rings. The van der Waals surface area contributed by atoms with Crippen molar-refractivity contribution in [3.63, 3.8) is 0 Å². The van der Waals surface area contributed by atoms with Crippen LogP contribution in [0.5, 0.6) is 0 Å². The summed E-state index contributed by atoms with van der Waals surface area (Å²) in [7, 11) is 0. The molecule has 0 radical (unpaired) electrons. The van der Waals surface area contributed by atoms with Crippen LogP contribution in [0.15, 0.2) is 77.8 Å². The molecule has 24 heavy (non-hydrogen) atoms. The Hall–Kier alpha value is -3.01. The molecule has 0 unspecified atom stereocenters. The minimum Gasteiger partial charge on any atom is -0.284 e. The van der Waals surface area contributed by atoms with Crippen molar-refractivity contribution in [3.8, 4) is 5.69 Å². The van der Waals surface area contributed by atoms with Crippen LogP contribution in [0.4, 0.5) is 0 Å². The number of hydrogen-bond donors (Lipinski definition) is 0. The fourth-order valence-corrected chi connectivity index (χ4v) is 2.95. The van der Waals surface area contributed by atoms with Crippen molar-refractivity contribution in [2.45, 2.75) is 12.8 Å². The SMILES string of the molecule is C(=C1CCCN=C1c1cccnc1)c1ccc(-n2cccn2)cc1. The standard InChI is InChI=1S/C20H18N4/c1-5-18(15-21-10-1)20-17(4-2-11-22-20)14-16-6-8-19(9-7-16)24-13-3-12-23-24/h1,3,5-10,12-15H,2,4,11H2. The molecule has 0 aliphatic carbocycles. The summed E-state index contributed by atoms with van der Waals surface area (Å²) in [5.41, 5.74) is 5.69. The number of pyridine rings is 1. The van der Waals surface area contributed by atoms with E-state index in [1.54, 1.807) is 12.4 Å². The molecule has 3 heterocycles. The smallest absolute Gasteiger partial charge is 0.0694 e. The van der Waals surface area contributed by atoms with Gasteiger partial charge in [0, 0.05) is 36.9 Å². The number of benzene rings is 1. The predicted molar refractivity (Wildman–Crippen MR) is 96.4 cm³/mol. The molecular weight excluding hydrogens is 296 g/mol. The summed E-state index contributed by atoms with van der Waals surface area (Å²) >= 11 is 0. The van der Waals surface area contributed by atoms with Gasteiger partial charge in [-0.2, -0.15) is 5.10 Å². The molecule has 4 heteroatoms.